The van der Waals surface area contributed by atoms with Gasteiger partial charge in [-0.05, 0) is 42.3 Å². The molecular formula is C22H20N4O. The number of hydrogen-bond acceptors (Lipinski definition) is 5. The van der Waals surface area contributed by atoms with Gasteiger partial charge in [-0.15, -0.1) is 0 Å². The Morgan fingerprint density at radius 3 is 2.81 bits per heavy atom. The van der Waals surface area contributed by atoms with Crippen LogP contribution in [-0.2, 0) is 6.42 Å². The highest BCUT2D eigenvalue weighted by molar-refractivity contribution is 5.88. The molecule has 4 rings (SSSR count). The number of anilines is 1. The fraction of sp³-hybridized carbons (Fsp3) is 0.136. The van der Waals surface area contributed by atoms with Crippen molar-refractivity contribution >= 4 is 33.8 Å². The summed E-state index contributed by atoms with van der Waals surface area (Å²) in [4.78, 5) is 9.10. The molecule has 0 bridgehead atoms. The van der Waals surface area contributed by atoms with Gasteiger partial charge in [-0.2, -0.15) is 5.10 Å². The molecule has 1 N–H and O–H groups in total. The Morgan fingerprint density at radius 1 is 1.07 bits per heavy atom. The summed E-state index contributed by atoms with van der Waals surface area (Å²) in [5, 5.41) is 6.55. The standard InChI is InChI=1S/C22H20N4O/c1-3-16-11-22(25-21-12-18(27-2)8-9-19(16)21)26-24-14-15-10-17-6-4-5-7-20(17)23-13-15/h4-14H,3H2,1-2H3,(H,25,26)/b24-14+. The van der Waals surface area contributed by atoms with Crippen LogP contribution in [0.3, 0.4) is 0 Å². The third-order valence-corrected chi connectivity index (χ3v) is 4.49. The molecule has 0 unspecified atom stereocenters. The molecule has 0 aliphatic carbocycles. The van der Waals surface area contributed by atoms with Crippen LogP contribution >= 0.6 is 0 Å². The van der Waals surface area contributed by atoms with E-state index in [9.17, 15) is 0 Å². The number of nitrogens with zero attached hydrogens (tertiary/aromatic N) is 3. The van der Waals surface area contributed by atoms with E-state index in [1.807, 2.05) is 54.7 Å². The van der Waals surface area contributed by atoms with E-state index in [2.05, 4.69) is 33.5 Å². The first-order valence-electron chi connectivity index (χ1n) is 8.88. The van der Waals surface area contributed by atoms with Crippen LogP contribution in [0.25, 0.3) is 21.8 Å². The number of para-hydroxylation sites is 1. The van der Waals surface area contributed by atoms with Crippen molar-refractivity contribution in [2.75, 3.05) is 12.5 Å². The number of aromatic nitrogens is 2. The van der Waals surface area contributed by atoms with Crippen LogP contribution in [0.15, 0.2) is 65.9 Å². The molecule has 2 aromatic heterocycles. The summed E-state index contributed by atoms with van der Waals surface area (Å²) in [6.45, 7) is 2.13. The summed E-state index contributed by atoms with van der Waals surface area (Å²) in [6.07, 6.45) is 4.48. The molecule has 0 spiro atoms. The summed E-state index contributed by atoms with van der Waals surface area (Å²) in [7, 11) is 1.66. The van der Waals surface area contributed by atoms with Crippen molar-refractivity contribution in [3.8, 4) is 5.75 Å². The predicted molar refractivity (Wildman–Crippen MR) is 111 cm³/mol. The van der Waals surface area contributed by atoms with E-state index < -0.39 is 0 Å². The van der Waals surface area contributed by atoms with Crippen LogP contribution in [-0.4, -0.2) is 23.3 Å². The summed E-state index contributed by atoms with van der Waals surface area (Å²) in [5.41, 5.74) is 7.04. The Balaban J connectivity index is 1.61. The Bertz CT molecular complexity index is 1140. The number of hydrogen-bond donors (Lipinski definition) is 1. The van der Waals surface area contributed by atoms with Gasteiger partial charge >= 0.3 is 0 Å². The van der Waals surface area contributed by atoms with E-state index >= 15 is 0 Å². The summed E-state index contributed by atoms with van der Waals surface area (Å²) < 4.78 is 5.31. The molecule has 134 valence electrons. The number of pyridine rings is 2. The van der Waals surface area contributed by atoms with Gasteiger partial charge in [0.2, 0.25) is 0 Å². The van der Waals surface area contributed by atoms with E-state index in [1.165, 1.54) is 5.56 Å². The maximum Gasteiger partial charge on any atom is 0.147 e. The number of hydrazone groups is 1. The van der Waals surface area contributed by atoms with Gasteiger partial charge in [0, 0.05) is 28.6 Å². The molecule has 5 heteroatoms. The molecule has 0 saturated carbocycles. The largest absolute Gasteiger partial charge is 0.497 e. The van der Waals surface area contributed by atoms with E-state index in [4.69, 9.17) is 4.74 Å². The lowest BCUT2D eigenvalue weighted by molar-refractivity contribution is 0.415. The van der Waals surface area contributed by atoms with E-state index in [0.29, 0.717) is 5.82 Å². The molecule has 4 aromatic rings. The molecule has 2 aromatic carbocycles. The Hall–Kier alpha value is -3.47. The normalized spacial score (nSPS) is 11.3. The third kappa shape index (κ3) is 3.58. The molecule has 0 aliphatic heterocycles. The number of methoxy groups -OCH3 is 1. The number of nitrogens with one attached hydrogen (secondary N) is 1. The van der Waals surface area contributed by atoms with E-state index in [1.54, 1.807) is 13.3 Å². The van der Waals surface area contributed by atoms with Crippen molar-refractivity contribution < 1.29 is 4.74 Å². The number of benzene rings is 2. The number of ether oxygens (including phenoxy) is 1. The van der Waals surface area contributed by atoms with Crippen LogP contribution < -0.4 is 10.2 Å². The van der Waals surface area contributed by atoms with E-state index in [-0.39, 0.29) is 0 Å². The van der Waals surface area contributed by atoms with E-state index in [0.717, 1.165) is 39.5 Å². The summed E-state index contributed by atoms with van der Waals surface area (Å²) in [6, 6.07) is 18.1. The van der Waals surface area contributed by atoms with Gasteiger partial charge < -0.3 is 4.74 Å². The quantitative estimate of drug-likeness (QED) is 0.412. The zero-order valence-corrected chi connectivity index (χ0v) is 15.3. The molecule has 0 saturated heterocycles. The predicted octanol–water partition coefficient (Wildman–Crippen LogP) is 4.80. The average Bonchev–Trinajstić information content (AvgIpc) is 2.72. The smallest absolute Gasteiger partial charge is 0.147 e. The highest BCUT2D eigenvalue weighted by Gasteiger charge is 2.06. The zero-order chi connectivity index (χ0) is 18.6. The Kier molecular flexibility index (Phi) is 4.66. The number of aryl methyl sites for hydroxylation is 1. The number of rotatable bonds is 5. The van der Waals surface area contributed by atoms with Crippen molar-refractivity contribution in [1.82, 2.24) is 9.97 Å². The minimum Gasteiger partial charge on any atom is -0.497 e. The van der Waals surface area contributed by atoms with Gasteiger partial charge in [-0.25, -0.2) is 4.98 Å². The summed E-state index contributed by atoms with van der Waals surface area (Å²) in [5.74, 6) is 1.50. The topological polar surface area (TPSA) is 59.4 Å². The van der Waals surface area contributed by atoms with Gasteiger partial charge in [0.1, 0.15) is 11.6 Å². The second kappa shape index (κ2) is 7.41. The lowest BCUT2D eigenvalue weighted by atomic mass is 10.1. The first-order valence-corrected chi connectivity index (χ1v) is 8.88. The maximum absolute atomic E-state index is 5.31. The van der Waals surface area contributed by atoms with Crippen LogP contribution in [0.2, 0.25) is 0 Å². The first-order chi connectivity index (χ1) is 13.3. The zero-order valence-electron chi connectivity index (χ0n) is 15.3. The lowest BCUT2D eigenvalue weighted by Gasteiger charge is -2.09. The molecule has 0 atom stereocenters. The van der Waals surface area contributed by atoms with Gasteiger partial charge in [0.15, 0.2) is 0 Å². The minimum absolute atomic E-state index is 0.706. The van der Waals surface area contributed by atoms with Crippen LogP contribution in [0.5, 0.6) is 5.75 Å². The molecule has 0 fully saturated rings. The highest BCUT2D eigenvalue weighted by atomic mass is 16.5. The fourth-order valence-electron chi connectivity index (χ4n) is 3.09. The average molecular weight is 356 g/mol. The third-order valence-electron chi connectivity index (χ3n) is 4.49. The van der Waals surface area contributed by atoms with Crippen LogP contribution in [0.1, 0.15) is 18.1 Å². The Labute approximate surface area is 157 Å². The van der Waals surface area contributed by atoms with Crippen molar-refractivity contribution in [2.45, 2.75) is 13.3 Å². The van der Waals surface area contributed by atoms with Crippen LogP contribution in [0.4, 0.5) is 5.82 Å². The minimum atomic E-state index is 0.706. The monoisotopic (exact) mass is 356 g/mol. The van der Waals surface area contributed by atoms with Gasteiger partial charge in [-0.3, -0.25) is 10.4 Å². The molecule has 2 heterocycles. The highest BCUT2D eigenvalue weighted by Crippen LogP contribution is 2.25. The van der Waals surface area contributed by atoms with Crippen molar-refractivity contribution in [3.63, 3.8) is 0 Å². The molecule has 0 amide bonds. The van der Waals surface area contributed by atoms with Gasteiger partial charge in [0.05, 0.1) is 24.4 Å². The Morgan fingerprint density at radius 2 is 1.96 bits per heavy atom. The molecule has 5 nitrogen and oxygen atoms in total. The molecule has 0 radical (unpaired) electrons. The summed E-state index contributed by atoms with van der Waals surface area (Å²) >= 11 is 0. The van der Waals surface area contributed by atoms with Crippen molar-refractivity contribution in [2.24, 2.45) is 5.10 Å². The van der Waals surface area contributed by atoms with Crippen molar-refractivity contribution in [3.05, 3.63) is 71.9 Å². The lowest BCUT2D eigenvalue weighted by Crippen LogP contribution is -1.97. The second-order valence-corrected chi connectivity index (χ2v) is 6.23. The second-order valence-electron chi connectivity index (χ2n) is 6.23. The first kappa shape index (κ1) is 17.0. The fourth-order valence-corrected chi connectivity index (χ4v) is 3.09. The molecular weight excluding hydrogens is 336 g/mol. The molecule has 27 heavy (non-hydrogen) atoms. The van der Waals surface area contributed by atoms with Crippen molar-refractivity contribution in [1.29, 1.82) is 0 Å². The molecule has 0 aliphatic rings. The SMILES string of the molecule is CCc1cc(N/N=C/c2cnc3ccccc3c2)nc2cc(OC)ccc12. The maximum atomic E-state index is 5.31. The van der Waals surface area contributed by atoms with Crippen LogP contribution in [0, 0.1) is 0 Å². The van der Waals surface area contributed by atoms with Gasteiger partial charge in [0.25, 0.3) is 0 Å². The number of fused-ring (bicyclic) bond motifs is 2. The van der Waals surface area contributed by atoms with Gasteiger partial charge in [-0.1, -0.05) is 25.1 Å².